The van der Waals surface area contributed by atoms with Crippen LogP contribution >= 0.6 is 0 Å². The minimum Gasteiger partial charge on any atom is -0.395 e. The third-order valence-electron chi connectivity index (χ3n) is 2.97. The lowest BCUT2D eigenvalue weighted by molar-refractivity contribution is 0.192. The smallest absolute Gasteiger partial charge is 0.0582 e. The van der Waals surface area contributed by atoms with Crippen molar-refractivity contribution in [2.24, 2.45) is 11.8 Å². The van der Waals surface area contributed by atoms with Gasteiger partial charge in [-0.1, -0.05) is 13.8 Å². The third-order valence-corrected chi connectivity index (χ3v) is 2.97. The summed E-state index contributed by atoms with van der Waals surface area (Å²) in [6, 6.07) is 0.878. The van der Waals surface area contributed by atoms with Crippen molar-refractivity contribution in [3.63, 3.8) is 0 Å². The van der Waals surface area contributed by atoms with Gasteiger partial charge in [0.05, 0.1) is 6.61 Å². The monoisotopic (exact) mass is 185 g/mol. The van der Waals surface area contributed by atoms with Crippen LogP contribution in [0.4, 0.5) is 0 Å². The summed E-state index contributed by atoms with van der Waals surface area (Å²) in [7, 11) is 0. The lowest BCUT2D eigenvalue weighted by Gasteiger charge is -2.33. The standard InChI is InChI=1S/C11H23NO/c1-8-4-9(2)6-11(5-8)12-10(3)7-13/h8-13H,4-7H2,1-3H3/t8-,9-,10-/m0/s1. The van der Waals surface area contributed by atoms with E-state index >= 15 is 0 Å². The summed E-state index contributed by atoms with van der Waals surface area (Å²) in [4.78, 5) is 0. The van der Waals surface area contributed by atoms with Gasteiger partial charge in [0.2, 0.25) is 0 Å². The number of hydrogen-bond donors (Lipinski definition) is 2. The van der Waals surface area contributed by atoms with E-state index < -0.39 is 0 Å². The maximum Gasteiger partial charge on any atom is 0.0582 e. The molecule has 0 heterocycles. The van der Waals surface area contributed by atoms with E-state index in [9.17, 15) is 0 Å². The van der Waals surface area contributed by atoms with E-state index in [1.165, 1.54) is 19.3 Å². The molecular weight excluding hydrogens is 162 g/mol. The predicted molar refractivity (Wildman–Crippen MR) is 55.7 cm³/mol. The van der Waals surface area contributed by atoms with Crippen LogP contribution in [0.3, 0.4) is 0 Å². The molecule has 0 aliphatic heterocycles. The summed E-state index contributed by atoms with van der Waals surface area (Å²) in [5.74, 6) is 1.68. The Morgan fingerprint density at radius 1 is 1.23 bits per heavy atom. The Morgan fingerprint density at radius 2 is 1.77 bits per heavy atom. The fraction of sp³-hybridized carbons (Fsp3) is 1.00. The fourth-order valence-electron chi connectivity index (χ4n) is 2.54. The molecule has 13 heavy (non-hydrogen) atoms. The molecule has 1 aliphatic carbocycles. The molecule has 0 aromatic rings. The van der Waals surface area contributed by atoms with Gasteiger partial charge in [-0.3, -0.25) is 0 Å². The van der Waals surface area contributed by atoms with Gasteiger partial charge in [0.25, 0.3) is 0 Å². The van der Waals surface area contributed by atoms with E-state index in [0.717, 1.165) is 11.8 Å². The third kappa shape index (κ3) is 3.65. The first kappa shape index (κ1) is 11.0. The highest BCUT2D eigenvalue weighted by atomic mass is 16.3. The zero-order valence-corrected chi connectivity index (χ0v) is 9.09. The Bertz CT molecular complexity index is 139. The molecular formula is C11H23NO. The highest BCUT2D eigenvalue weighted by Gasteiger charge is 2.24. The molecule has 2 nitrogen and oxygen atoms in total. The van der Waals surface area contributed by atoms with Gasteiger partial charge < -0.3 is 10.4 Å². The van der Waals surface area contributed by atoms with Crippen molar-refractivity contribution < 1.29 is 5.11 Å². The van der Waals surface area contributed by atoms with Crippen molar-refractivity contribution in [2.45, 2.75) is 52.1 Å². The van der Waals surface area contributed by atoms with E-state index in [0.29, 0.717) is 6.04 Å². The number of rotatable bonds is 3. The van der Waals surface area contributed by atoms with E-state index in [1.807, 2.05) is 6.92 Å². The van der Waals surface area contributed by atoms with Crippen molar-refractivity contribution in [2.75, 3.05) is 6.61 Å². The molecule has 1 rings (SSSR count). The first-order chi connectivity index (χ1) is 6.11. The Kier molecular flexibility index (Phi) is 4.20. The summed E-state index contributed by atoms with van der Waals surface area (Å²) in [6.45, 7) is 6.95. The van der Waals surface area contributed by atoms with Gasteiger partial charge >= 0.3 is 0 Å². The second-order valence-corrected chi connectivity index (χ2v) is 4.86. The van der Waals surface area contributed by atoms with Crippen LogP contribution < -0.4 is 5.32 Å². The zero-order chi connectivity index (χ0) is 9.84. The van der Waals surface area contributed by atoms with E-state index in [1.54, 1.807) is 0 Å². The molecule has 0 aromatic carbocycles. The van der Waals surface area contributed by atoms with Crippen molar-refractivity contribution in [1.82, 2.24) is 5.32 Å². The molecule has 0 unspecified atom stereocenters. The fourth-order valence-corrected chi connectivity index (χ4v) is 2.54. The lowest BCUT2D eigenvalue weighted by Crippen LogP contribution is -2.42. The normalized spacial score (nSPS) is 37.4. The van der Waals surface area contributed by atoms with Gasteiger partial charge in [0.15, 0.2) is 0 Å². The van der Waals surface area contributed by atoms with Gasteiger partial charge in [-0.25, -0.2) is 0 Å². The van der Waals surface area contributed by atoms with Crippen LogP contribution in [0.2, 0.25) is 0 Å². The molecule has 0 bridgehead atoms. The molecule has 0 saturated heterocycles. The van der Waals surface area contributed by atoms with Crippen LogP contribution in [0.1, 0.15) is 40.0 Å². The maximum atomic E-state index is 8.93. The lowest BCUT2D eigenvalue weighted by atomic mass is 9.80. The SMILES string of the molecule is C[C@@H]1CC(N[C@@H](C)CO)C[C@@H](C)C1. The Balaban J connectivity index is 2.32. The Labute approximate surface area is 81.7 Å². The van der Waals surface area contributed by atoms with Gasteiger partial charge in [0, 0.05) is 12.1 Å². The second kappa shape index (κ2) is 4.97. The molecule has 2 heteroatoms. The quantitative estimate of drug-likeness (QED) is 0.702. The van der Waals surface area contributed by atoms with E-state index in [2.05, 4.69) is 19.2 Å². The largest absolute Gasteiger partial charge is 0.395 e. The molecule has 0 radical (unpaired) electrons. The van der Waals surface area contributed by atoms with Gasteiger partial charge in [-0.15, -0.1) is 0 Å². The van der Waals surface area contributed by atoms with Crippen molar-refractivity contribution in [3.8, 4) is 0 Å². The molecule has 78 valence electrons. The Hall–Kier alpha value is -0.0800. The first-order valence-corrected chi connectivity index (χ1v) is 5.48. The van der Waals surface area contributed by atoms with Gasteiger partial charge in [0.1, 0.15) is 0 Å². The molecule has 3 atom stereocenters. The van der Waals surface area contributed by atoms with Crippen LogP contribution in [0, 0.1) is 11.8 Å². The van der Waals surface area contributed by atoms with Gasteiger partial charge in [-0.2, -0.15) is 0 Å². The highest BCUT2D eigenvalue weighted by Crippen LogP contribution is 2.28. The topological polar surface area (TPSA) is 32.3 Å². The van der Waals surface area contributed by atoms with Crippen LogP contribution in [-0.2, 0) is 0 Å². The molecule has 0 amide bonds. The zero-order valence-electron chi connectivity index (χ0n) is 9.09. The summed E-state index contributed by atoms with van der Waals surface area (Å²) >= 11 is 0. The molecule has 0 aromatic heterocycles. The molecule has 1 fully saturated rings. The van der Waals surface area contributed by atoms with E-state index in [-0.39, 0.29) is 12.6 Å². The first-order valence-electron chi connectivity index (χ1n) is 5.48. The summed E-state index contributed by atoms with van der Waals surface area (Å²) in [5, 5.41) is 12.4. The van der Waals surface area contributed by atoms with Crippen LogP contribution in [0.15, 0.2) is 0 Å². The molecule has 0 spiro atoms. The number of aliphatic hydroxyl groups excluding tert-OH is 1. The van der Waals surface area contributed by atoms with Crippen molar-refractivity contribution >= 4 is 0 Å². The van der Waals surface area contributed by atoms with Crippen molar-refractivity contribution in [3.05, 3.63) is 0 Å². The summed E-state index contributed by atoms with van der Waals surface area (Å²) < 4.78 is 0. The minimum atomic E-state index is 0.249. The molecule has 2 N–H and O–H groups in total. The Morgan fingerprint density at radius 3 is 2.23 bits per heavy atom. The van der Waals surface area contributed by atoms with Crippen LogP contribution in [0.25, 0.3) is 0 Å². The van der Waals surface area contributed by atoms with Crippen LogP contribution in [-0.4, -0.2) is 23.8 Å². The number of aliphatic hydroxyl groups is 1. The number of nitrogens with one attached hydrogen (secondary N) is 1. The molecule has 1 saturated carbocycles. The van der Waals surface area contributed by atoms with E-state index in [4.69, 9.17) is 5.11 Å². The van der Waals surface area contributed by atoms with Crippen LogP contribution in [0.5, 0.6) is 0 Å². The highest BCUT2D eigenvalue weighted by molar-refractivity contribution is 4.81. The number of hydrogen-bond acceptors (Lipinski definition) is 2. The molecule has 1 aliphatic rings. The minimum absolute atomic E-state index is 0.249. The summed E-state index contributed by atoms with van der Waals surface area (Å²) in [5.41, 5.74) is 0. The summed E-state index contributed by atoms with van der Waals surface area (Å²) in [6.07, 6.45) is 3.91. The van der Waals surface area contributed by atoms with Gasteiger partial charge in [-0.05, 0) is 38.0 Å². The van der Waals surface area contributed by atoms with Crippen molar-refractivity contribution in [1.29, 1.82) is 0 Å². The maximum absolute atomic E-state index is 8.93. The average Bonchev–Trinajstić information content (AvgIpc) is 2.02. The average molecular weight is 185 g/mol. The second-order valence-electron chi connectivity index (χ2n) is 4.86. The predicted octanol–water partition coefficient (Wildman–Crippen LogP) is 1.78.